The number of hydrogen-bond acceptors (Lipinski definition) is 4. The van der Waals surface area contributed by atoms with Gasteiger partial charge in [0.1, 0.15) is 6.61 Å². The molecule has 0 spiro atoms. The molecule has 1 saturated heterocycles. The van der Waals surface area contributed by atoms with Crippen LogP contribution in [-0.2, 0) is 9.47 Å². The van der Waals surface area contributed by atoms with Crippen LogP contribution in [0, 0.1) is 0 Å². The highest BCUT2D eigenvalue weighted by molar-refractivity contribution is 4.72. The van der Waals surface area contributed by atoms with Crippen molar-refractivity contribution >= 4 is 0 Å². The molecule has 1 fully saturated rings. The van der Waals surface area contributed by atoms with Gasteiger partial charge in [-0.1, -0.05) is 0 Å². The summed E-state index contributed by atoms with van der Waals surface area (Å²) in [6, 6.07) is 0. The summed E-state index contributed by atoms with van der Waals surface area (Å²) in [6.45, 7) is 2.86. The number of alkyl halides is 3. The molecular formula is C11H21F3N2O2. The standard InChI is InChI=1S/C11H21F3N2O2/c1-15-7-10-8-16(4-6-18-10)3-2-5-17-9-11(12,13)14/h10,15H,2-9H2,1H3. The summed E-state index contributed by atoms with van der Waals surface area (Å²) < 4.78 is 45.5. The molecule has 1 rings (SSSR count). The van der Waals surface area contributed by atoms with E-state index in [2.05, 4.69) is 15.0 Å². The van der Waals surface area contributed by atoms with Crippen molar-refractivity contribution in [3.63, 3.8) is 0 Å². The lowest BCUT2D eigenvalue weighted by Gasteiger charge is -2.32. The second kappa shape index (κ2) is 7.93. The minimum absolute atomic E-state index is 0.146. The Morgan fingerprint density at radius 1 is 1.44 bits per heavy atom. The van der Waals surface area contributed by atoms with Gasteiger partial charge in [-0.15, -0.1) is 0 Å². The first kappa shape index (κ1) is 15.7. The topological polar surface area (TPSA) is 33.7 Å². The molecular weight excluding hydrogens is 249 g/mol. The van der Waals surface area contributed by atoms with Crippen LogP contribution in [0.1, 0.15) is 6.42 Å². The predicted octanol–water partition coefficient (Wildman–Crippen LogP) is 0.876. The molecule has 18 heavy (non-hydrogen) atoms. The summed E-state index contributed by atoms with van der Waals surface area (Å²) in [6.07, 6.45) is -3.45. The lowest BCUT2D eigenvalue weighted by molar-refractivity contribution is -0.174. The summed E-state index contributed by atoms with van der Waals surface area (Å²) >= 11 is 0. The fraction of sp³-hybridized carbons (Fsp3) is 1.00. The van der Waals surface area contributed by atoms with Crippen molar-refractivity contribution in [3.05, 3.63) is 0 Å². The Hall–Kier alpha value is -0.370. The maximum atomic E-state index is 11.8. The molecule has 1 atom stereocenters. The Morgan fingerprint density at radius 3 is 2.89 bits per heavy atom. The summed E-state index contributed by atoms with van der Waals surface area (Å²) in [5.41, 5.74) is 0. The fourth-order valence-electron chi connectivity index (χ4n) is 1.91. The minimum atomic E-state index is -4.23. The monoisotopic (exact) mass is 270 g/mol. The van der Waals surface area contributed by atoms with Gasteiger partial charge in [-0.05, 0) is 13.5 Å². The van der Waals surface area contributed by atoms with Crippen LogP contribution in [0.25, 0.3) is 0 Å². The van der Waals surface area contributed by atoms with Crippen LogP contribution in [-0.4, -0.2) is 70.2 Å². The van der Waals surface area contributed by atoms with Crippen LogP contribution in [0.4, 0.5) is 13.2 Å². The van der Waals surface area contributed by atoms with Crippen molar-refractivity contribution in [1.29, 1.82) is 0 Å². The number of halogens is 3. The highest BCUT2D eigenvalue weighted by atomic mass is 19.4. The van der Waals surface area contributed by atoms with Crippen molar-refractivity contribution in [3.8, 4) is 0 Å². The van der Waals surface area contributed by atoms with Crippen LogP contribution in [0.5, 0.6) is 0 Å². The van der Waals surface area contributed by atoms with Gasteiger partial charge in [-0.2, -0.15) is 13.2 Å². The van der Waals surface area contributed by atoms with Gasteiger partial charge in [-0.3, -0.25) is 4.90 Å². The zero-order chi connectivity index (χ0) is 13.4. The molecule has 1 heterocycles. The molecule has 0 aromatic heterocycles. The molecule has 1 aliphatic heterocycles. The van der Waals surface area contributed by atoms with Crippen molar-refractivity contribution in [2.75, 3.05) is 53.0 Å². The molecule has 1 N–H and O–H groups in total. The number of nitrogens with zero attached hydrogens (tertiary/aromatic N) is 1. The Kier molecular flexibility index (Phi) is 6.91. The number of morpholine rings is 1. The van der Waals surface area contributed by atoms with E-state index in [1.807, 2.05) is 7.05 Å². The molecule has 1 unspecified atom stereocenters. The van der Waals surface area contributed by atoms with Gasteiger partial charge in [-0.25, -0.2) is 0 Å². The summed E-state index contributed by atoms with van der Waals surface area (Å²) in [5.74, 6) is 0. The SMILES string of the molecule is CNCC1CN(CCCOCC(F)(F)F)CCO1. The van der Waals surface area contributed by atoms with E-state index in [4.69, 9.17) is 4.74 Å². The zero-order valence-electron chi connectivity index (χ0n) is 10.6. The van der Waals surface area contributed by atoms with E-state index in [9.17, 15) is 13.2 Å². The van der Waals surface area contributed by atoms with E-state index in [0.29, 0.717) is 13.0 Å². The number of ether oxygens (including phenoxy) is 2. The van der Waals surface area contributed by atoms with E-state index in [1.165, 1.54) is 0 Å². The number of nitrogens with one attached hydrogen (secondary N) is 1. The Labute approximate surface area is 105 Å². The molecule has 0 saturated carbocycles. The zero-order valence-corrected chi connectivity index (χ0v) is 10.6. The van der Waals surface area contributed by atoms with Crippen LogP contribution < -0.4 is 5.32 Å². The maximum Gasteiger partial charge on any atom is 0.411 e. The van der Waals surface area contributed by atoms with Crippen molar-refractivity contribution in [1.82, 2.24) is 10.2 Å². The first-order chi connectivity index (χ1) is 8.51. The van der Waals surface area contributed by atoms with E-state index in [-0.39, 0.29) is 12.7 Å². The van der Waals surface area contributed by atoms with Gasteiger partial charge in [0.25, 0.3) is 0 Å². The lowest BCUT2D eigenvalue weighted by Crippen LogP contribution is -2.46. The van der Waals surface area contributed by atoms with Gasteiger partial charge < -0.3 is 14.8 Å². The smallest absolute Gasteiger partial charge is 0.374 e. The Morgan fingerprint density at radius 2 is 2.22 bits per heavy atom. The molecule has 108 valence electrons. The van der Waals surface area contributed by atoms with E-state index in [1.54, 1.807) is 0 Å². The third kappa shape index (κ3) is 7.15. The largest absolute Gasteiger partial charge is 0.411 e. The van der Waals surface area contributed by atoms with Gasteiger partial charge in [0.2, 0.25) is 0 Å². The molecule has 0 bridgehead atoms. The summed E-state index contributed by atoms with van der Waals surface area (Å²) in [5, 5.41) is 3.05. The molecule has 4 nitrogen and oxygen atoms in total. The Balaban J connectivity index is 2.04. The van der Waals surface area contributed by atoms with Gasteiger partial charge >= 0.3 is 6.18 Å². The highest BCUT2D eigenvalue weighted by Gasteiger charge is 2.27. The molecule has 0 aromatic carbocycles. The molecule has 0 amide bonds. The summed E-state index contributed by atoms with van der Waals surface area (Å²) in [7, 11) is 1.87. The van der Waals surface area contributed by atoms with E-state index < -0.39 is 12.8 Å². The fourth-order valence-corrected chi connectivity index (χ4v) is 1.91. The minimum Gasteiger partial charge on any atom is -0.374 e. The van der Waals surface area contributed by atoms with Gasteiger partial charge in [0.15, 0.2) is 0 Å². The molecule has 1 aliphatic rings. The second-order valence-electron chi connectivity index (χ2n) is 4.37. The summed E-state index contributed by atoms with van der Waals surface area (Å²) in [4.78, 5) is 2.20. The van der Waals surface area contributed by atoms with Crippen LogP contribution in [0.15, 0.2) is 0 Å². The van der Waals surface area contributed by atoms with Crippen LogP contribution >= 0.6 is 0 Å². The van der Waals surface area contributed by atoms with Gasteiger partial charge in [0.05, 0.1) is 12.7 Å². The van der Waals surface area contributed by atoms with Crippen LogP contribution in [0.3, 0.4) is 0 Å². The van der Waals surface area contributed by atoms with Gasteiger partial charge in [0, 0.05) is 32.8 Å². The molecule has 0 aliphatic carbocycles. The number of likely N-dealkylation sites (N-methyl/N-ethyl adjacent to an activating group) is 1. The number of hydrogen-bond donors (Lipinski definition) is 1. The second-order valence-corrected chi connectivity index (χ2v) is 4.37. The highest BCUT2D eigenvalue weighted by Crippen LogP contribution is 2.14. The van der Waals surface area contributed by atoms with Crippen LogP contribution in [0.2, 0.25) is 0 Å². The van der Waals surface area contributed by atoms with Crippen molar-refractivity contribution < 1.29 is 22.6 Å². The third-order valence-corrected chi connectivity index (χ3v) is 2.68. The van der Waals surface area contributed by atoms with E-state index >= 15 is 0 Å². The van der Waals surface area contributed by atoms with Crippen molar-refractivity contribution in [2.45, 2.75) is 18.7 Å². The molecule has 0 aromatic rings. The quantitative estimate of drug-likeness (QED) is 0.696. The average Bonchev–Trinajstić information content (AvgIpc) is 2.28. The average molecular weight is 270 g/mol. The third-order valence-electron chi connectivity index (χ3n) is 2.68. The van der Waals surface area contributed by atoms with Crippen molar-refractivity contribution in [2.24, 2.45) is 0 Å². The predicted molar refractivity (Wildman–Crippen MR) is 61.6 cm³/mol. The Bertz CT molecular complexity index is 225. The first-order valence-electron chi connectivity index (χ1n) is 6.14. The first-order valence-corrected chi connectivity index (χ1v) is 6.14. The maximum absolute atomic E-state index is 11.8. The molecule has 0 radical (unpaired) electrons. The number of rotatable bonds is 7. The lowest BCUT2D eigenvalue weighted by atomic mass is 10.2. The molecule has 7 heteroatoms. The normalized spacial score (nSPS) is 22.3. The van der Waals surface area contributed by atoms with E-state index in [0.717, 1.165) is 26.2 Å².